The van der Waals surface area contributed by atoms with Gasteiger partial charge in [0, 0.05) is 19.6 Å². The number of nitrogens with one attached hydrogen (secondary N) is 1. The first-order chi connectivity index (χ1) is 8.35. The Morgan fingerprint density at radius 3 is 2.67 bits per heavy atom. The molecule has 1 heterocycles. The van der Waals surface area contributed by atoms with Gasteiger partial charge in [-0.3, -0.25) is 4.79 Å². The van der Waals surface area contributed by atoms with Crippen LogP contribution in [-0.2, 0) is 4.79 Å². The summed E-state index contributed by atoms with van der Waals surface area (Å²) in [4.78, 5) is 16.4. The van der Waals surface area contributed by atoms with Crippen molar-refractivity contribution in [3.05, 3.63) is 0 Å². The Labute approximate surface area is 112 Å². The Balaban J connectivity index is 2.47. The summed E-state index contributed by atoms with van der Waals surface area (Å²) in [5, 5.41) is 3.34. The van der Waals surface area contributed by atoms with Crippen molar-refractivity contribution in [1.82, 2.24) is 15.1 Å². The standard InChI is InChI=1S/C14H29N3O/c1-6-8-15-12-7-9-17(13(12)18)11-14(2,3)10-16(4)5/h12,15H,6-11H2,1-5H3. The Morgan fingerprint density at radius 2 is 2.11 bits per heavy atom. The fourth-order valence-electron chi connectivity index (χ4n) is 2.83. The maximum atomic E-state index is 12.2. The highest BCUT2D eigenvalue weighted by atomic mass is 16.2. The molecular formula is C14H29N3O. The number of carbonyl (C=O) groups is 1. The Kier molecular flexibility index (Phi) is 5.60. The Morgan fingerprint density at radius 1 is 1.44 bits per heavy atom. The quantitative estimate of drug-likeness (QED) is 0.742. The zero-order valence-electron chi connectivity index (χ0n) is 12.6. The van der Waals surface area contributed by atoms with Crippen molar-refractivity contribution in [2.24, 2.45) is 5.41 Å². The number of nitrogens with zero attached hydrogens (tertiary/aromatic N) is 2. The lowest BCUT2D eigenvalue weighted by atomic mass is 9.92. The van der Waals surface area contributed by atoms with E-state index in [4.69, 9.17) is 0 Å². The minimum atomic E-state index is 0.0557. The number of rotatable bonds is 7. The lowest BCUT2D eigenvalue weighted by Gasteiger charge is -2.32. The molecule has 1 atom stereocenters. The molecule has 1 aliphatic heterocycles. The lowest BCUT2D eigenvalue weighted by Crippen LogP contribution is -2.44. The van der Waals surface area contributed by atoms with E-state index < -0.39 is 0 Å². The summed E-state index contributed by atoms with van der Waals surface area (Å²) in [6, 6.07) is 0.0557. The second kappa shape index (κ2) is 6.53. The third-order valence-corrected chi connectivity index (χ3v) is 3.30. The van der Waals surface area contributed by atoms with Crippen molar-refractivity contribution in [2.75, 3.05) is 40.3 Å². The Hall–Kier alpha value is -0.610. The summed E-state index contributed by atoms with van der Waals surface area (Å²) >= 11 is 0. The van der Waals surface area contributed by atoms with Crippen LogP contribution < -0.4 is 5.32 Å². The van der Waals surface area contributed by atoms with Crippen LogP contribution in [0, 0.1) is 5.41 Å². The van der Waals surface area contributed by atoms with E-state index >= 15 is 0 Å². The highest BCUT2D eigenvalue weighted by Crippen LogP contribution is 2.21. The van der Waals surface area contributed by atoms with Gasteiger partial charge >= 0.3 is 0 Å². The molecule has 1 rings (SSSR count). The van der Waals surface area contributed by atoms with E-state index in [1.165, 1.54) is 0 Å². The van der Waals surface area contributed by atoms with Crippen LogP contribution in [0.15, 0.2) is 0 Å². The first-order valence-electron chi connectivity index (χ1n) is 7.02. The van der Waals surface area contributed by atoms with Crippen molar-refractivity contribution in [2.45, 2.75) is 39.7 Å². The SMILES string of the molecule is CCCNC1CCN(CC(C)(C)CN(C)C)C1=O. The van der Waals surface area contributed by atoms with Gasteiger partial charge in [-0.15, -0.1) is 0 Å². The van der Waals surface area contributed by atoms with Gasteiger partial charge in [-0.05, 0) is 38.9 Å². The molecule has 1 fully saturated rings. The highest BCUT2D eigenvalue weighted by molar-refractivity contribution is 5.84. The highest BCUT2D eigenvalue weighted by Gasteiger charge is 2.34. The Bertz CT molecular complexity index is 276. The second-order valence-electron chi connectivity index (χ2n) is 6.46. The van der Waals surface area contributed by atoms with Crippen LogP contribution in [0.25, 0.3) is 0 Å². The van der Waals surface area contributed by atoms with Crippen LogP contribution in [-0.4, -0.2) is 62.0 Å². The van der Waals surface area contributed by atoms with Crippen LogP contribution in [0.2, 0.25) is 0 Å². The fourth-order valence-corrected chi connectivity index (χ4v) is 2.83. The van der Waals surface area contributed by atoms with Crippen LogP contribution >= 0.6 is 0 Å². The monoisotopic (exact) mass is 255 g/mol. The molecule has 1 N–H and O–H groups in total. The molecule has 0 aromatic rings. The van der Waals surface area contributed by atoms with Gasteiger partial charge in [0.1, 0.15) is 0 Å². The van der Waals surface area contributed by atoms with Gasteiger partial charge in [0.05, 0.1) is 6.04 Å². The lowest BCUT2D eigenvalue weighted by molar-refractivity contribution is -0.130. The predicted octanol–water partition coefficient (Wildman–Crippen LogP) is 1.17. The van der Waals surface area contributed by atoms with Crippen molar-refractivity contribution < 1.29 is 4.79 Å². The molecule has 0 spiro atoms. The zero-order valence-corrected chi connectivity index (χ0v) is 12.6. The number of amides is 1. The third-order valence-electron chi connectivity index (χ3n) is 3.30. The molecule has 106 valence electrons. The molecule has 4 nitrogen and oxygen atoms in total. The maximum Gasteiger partial charge on any atom is 0.239 e. The van der Waals surface area contributed by atoms with Gasteiger partial charge in [0.25, 0.3) is 0 Å². The second-order valence-corrected chi connectivity index (χ2v) is 6.46. The average molecular weight is 255 g/mol. The van der Waals surface area contributed by atoms with Crippen LogP contribution in [0.4, 0.5) is 0 Å². The van der Waals surface area contributed by atoms with Crippen molar-refractivity contribution in [3.63, 3.8) is 0 Å². The molecule has 1 amide bonds. The summed E-state index contributed by atoms with van der Waals surface area (Å²) < 4.78 is 0. The minimum absolute atomic E-state index is 0.0557. The van der Waals surface area contributed by atoms with E-state index in [1.807, 2.05) is 4.90 Å². The van der Waals surface area contributed by atoms with Gasteiger partial charge in [-0.25, -0.2) is 0 Å². The van der Waals surface area contributed by atoms with E-state index in [0.29, 0.717) is 0 Å². The molecule has 0 aromatic carbocycles. The molecule has 1 saturated heterocycles. The van der Waals surface area contributed by atoms with Crippen molar-refractivity contribution in [3.8, 4) is 0 Å². The van der Waals surface area contributed by atoms with E-state index in [0.717, 1.165) is 39.0 Å². The fraction of sp³-hybridized carbons (Fsp3) is 0.929. The predicted molar refractivity (Wildman–Crippen MR) is 75.6 cm³/mol. The van der Waals surface area contributed by atoms with E-state index in [-0.39, 0.29) is 17.4 Å². The summed E-state index contributed by atoms with van der Waals surface area (Å²) in [6.45, 7) is 10.3. The number of carbonyl (C=O) groups excluding carboxylic acids is 1. The van der Waals surface area contributed by atoms with Crippen LogP contribution in [0.1, 0.15) is 33.6 Å². The number of hydrogen-bond acceptors (Lipinski definition) is 3. The molecule has 1 aliphatic rings. The van der Waals surface area contributed by atoms with Crippen molar-refractivity contribution >= 4 is 5.91 Å². The van der Waals surface area contributed by atoms with Gasteiger partial charge in [0.15, 0.2) is 0 Å². The smallest absolute Gasteiger partial charge is 0.239 e. The van der Waals surface area contributed by atoms with Gasteiger partial charge in [-0.2, -0.15) is 0 Å². The molecule has 0 saturated carbocycles. The maximum absolute atomic E-state index is 12.2. The van der Waals surface area contributed by atoms with E-state index in [2.05, 4.69) is 45.1 Å². The zero-order chi connectivity index (χ0) is 13.8. The van der Waals surface area contributed by atoms with E-state index in [9.17, 15) is 4.79 Å². The average Bonchev–Trinajstić information content (AvgIpc) is 2.55. The summed E-state index contributed by atoms with van der Waals surface area (Å²) in [5.41, 5.74) is 0.152. The molecule has 0 aliphatic carbocycles. The molecule has 18 heavy (non-hydrogen) atoms. The topological polar surface area (TPSA) is 35.6 Å². The minimum Gasteiger partial charge on any atom is -0.341 e. The summed E-state index contributed by atoms with van der Waals surface area (Å²) in [5.74, 6) is 0.287. The molecule has 0 bridgehead atoms. The van der Waals surface area contributed by atoms with Crippen LogP contribution in [0.5, 0.6) is 0 Å². The first kappa shape index (κ1) is 15.4. The van der Waals surface area contributed by atoms with Gasteiger partial charge in [-0.1, -0.05) is 20.8 Å². The molecule has 0 radical (unpaired) electrons. The van der Waals surface area contributed by atoms with Gasteiger partial charge < -0.3 is 15.1 Å². The molecule has 0 aromatic heterocycles. The molecular weight excluding hydrogens is 226 g/mol. The number of hydrogen-bond donors (Lipinski definition) is 1. The first-order valence-corrected chi connectivity index (χ1v) is 7.02. The summed E-state index contributed by atoms with van der Waals surface area (Å²) in [6.07, 6.45) is 2.03. The summed E-state index contributed by atoms with van der Waals surface area (Å²) in [7, 11) is 4.17. The normalized spacial score (nSPS) is 21.1. The van der Waals surface area contributed by atoms with E-state index in [1.54, 1.807) is 0 Å². The molecule has 1 unspecified atom stereocenters. The largest absolute Gasteiger partial charge is 0.341 e. The third kappa shape index (κ3) is 4.58. The molecule has 4 heteroatoms. The number of likely N-dealkylation sites (tertiary alicyclic amines) is 1. The van der Waals surface area contributed by atoms with Crippen molar-refractivity contribution in [1.29, 1.82) is 0 Å². The van der Waals surface area contributed by atoms with Gasteiger partial charge in [0.2, 0.25) is 5.91 Å². The van der Waals surface area contributed by atoms with Crippen LogP contribution in [0.3, 0.4) is 0 Å².